The number of halogens is 1. The number of hydrogen-bond donors (Lipinski definition) is 1. The fourth-order valence-corrected chi connectivity index (χ4v) is 4.59. The van der Waals surface area contributed by atoms with Gasteiger partial charge in [-0.15, -0.1) is 0 Å². The van der Waals surface area contributed by atoms with E-state index in [0.717, 1.165) is 16.7 Å². The molecule has 0 aliphatic carbocycles. The van der Waals surface area contributed by atoms with Gasteiger partial charge in [0.05, 0.1) is 19.3 Å². The molecule has 160 valence electrons. The first-order chi connectivity index (χ1) is 13.8. The average molecular weight is 425 g/mol. The summed E-state index contributed by atoms with van der Waals surface area (Å²) in [6.45, 7) is 7.08. The predicted molar refractivity (Wildman–Crippen MR) is 110 cm³/mol. The molecule has 3 rings (SSSR count). The maximum Gasteiger partial charge on any atom is 0.513 e. The van der Waals surface area contributed by atoms with Crippen LogP contribution in [-0.4, -0.2) is 66.8 Å². The highest BCUT2D eigenvalue weighted by atomic mass is 35.5. The second-order valence-corrected chi connectivity index (χ2v) is 7.93. The summed E-state index contributed by atoms with van der Waals surface area (Å²) >= 11 is 6.39. The van der Waals surface area contributed by atoms with E-state index < -0.39 is 17.9 Å². The highest BCUT2D eigenvalue weighted by Gasteiger charge is 2.54. The second-order valence-electron chi connectivity index (χ2n) is 7.52. The first-order valence-corrected chi connectivity index (χ1v) is 10.2. The zero-order valence-corrected chi connectivity index (χ0v) is 18.4. The Bertz CT molecular complexity index is 818. The highest BCUT2D eigenvalue weighted by molar-refractivity contribution is 6.31. The summed E-state index contributed by atoms with van der Waals surface area (Å²) in [6.07, 6.45) is -0.450. The Labute approximate surface area is 176 Å². The predicted octanol–water partition coefficient (Wildman–Crippen LogP) is 3.50. The number of rotatable bonds is 4. The molecule has 1 N–H and O–H groups in total. The van der Waals surface area contributed by atoms with Gasteiger partial charge in [-0.2, -0.15) is 5.06 Å². The molecule has 0 radical (unpaired) electrons. The van der Waals surface area contributed by atoms with Crippen molar-refractivity contribution in [3.8, 4) is 0 Å². The van der Waals surface area contributed by atoms with Crippen LogP contribution in [0.3, 0.4) is 0 Å². The second kappa shape index (κ2) is 8.62. The number of ether oxygens (including phenoxy) is 2. The van der Waals surface area contributed by atoms with Crippen molar-refractivity contribution >= 4 is 23.3 Å². The average Bonchev–Trinajstić information content (AvgIpc) is 2.89. The van der Waals surface area contributed by atoms with Crippen LogP contribution in [0.2, 0.25) is 5.02 Å². The Morgan fingerprint density at radius 3 is 2.55 bits per heavy atom. The van der Waals surface area contributed by atoms with Crippen LogP contribution in [0, 0.1) is 13.8 Å². The Morgan fingerprint density at radius 2 is 1.97 bits per heavy atom. The lowest BCUT2D eigenvalue weighted by molar-refractivity contribution is -0.164. The van der Waals surface area contributed by atoms with Crippen LogP contribution >= 0.6 is 11.6 Å². The number of hydrogen-bond acceptors (Lipinski definition) is 7. The molecular weight excluding hydrogens is 396 g/mol. The number of carbonyl (C=O) groups excluding carboxylic acids is 1. The molecule has 7 nitrogen and oxygen atoms in total. The van der Waals surface area contributed by atoms with Crippen molar-refractivity contribution in [3.63, 3.8) is 0 Å². The van der Waals surface area contributed by atoms with Gasteiger partial charge in [-0.05, 0) is 63.4 Å². The fourth-order valence-electron chi connectivity index (χ4n) is 4.43. The van der Waals surface area contributed by atoms with Gasteiger partial charge in [-0.3, -0.25) is 4.90 Å². The van der Waals surface area contributed by atoms with Crippen molar-refractivity contribution in [3.05, 3.63) is 39.6 Å². The molecule has 1 saturated heterocycles. The Hall–Kier alpha value is -1.64. The van der Waals surface area contributed by atoms with Crippen LogP contribution in [0.25, 0.3) is 5.57 Å². The van der Waals surface area contributed by atoms with Gasteiger partial charge in [-0.1, -0.05) is 17.7 Å². The fraction of sp³-hybridized carbons (Fsp3) is 0.571. The maximum atomic E-state index is 12.3. The van der Waals surface area contributed by atoms with Crippen LogP contribution in [0.4, 0.5) is 4.79 Å². The number of piperidine rings is 1. The highest BCUT2D eigenvalue weighted by Crippen LogP contribution is 2.49. The van der Waals surface area contributed by atoms with Crippen molar-refractivity contribution in [2.75, 3.05) is 33.9 Å². The molecule has 8 heteroatoms. The van der Waals surface area contributed by atoms with Gasteiger partial charge in [0.2, 0.25) is 0 Å². The smallest absolute Gasteiger partial charge is 0.434 e. The molecular formula is C21H29ClN2O5. The van der Waals surface area contributed by atoms with Crippen LogP contribution in [0.15, 0.2) is 17.9 Å². The van der Waals surface area contributed by atoms with Crippen molar-refractivity contribution in [1.82, 2.24) is 9.96 Å². The summed E-state index contributed by atoms with van der Waals surface area (Å²) in [5, 5.41) is 13.7. The van der Waals surface area contributed by atoms with Gasteiger partial charge in [0.25, 0.3) is 0 Å². The Kier molecular flexibility index (Phi) is 6.55. The van der Waals surface area contributed by atoms with Gasteiger partial charge in [0, 0.05) is 23.7 Å². The molecule has 1 aromatic carbocycles. The van der Waals surface area contributed by atoms with Gasteiger partial charge in [0.1, 0.15) is 12.0 Å². The third kappa shape index (κ3) is 3.78. The van der Waals surface area contributed by atoms with Gasteiger partial charge in [0.15, 0.2) is 0 Å². The van der Waals surface area contributed by atoms with Gasteiger partial charge in [-0.25, -0.2) is 4.79 Å². The van der Waals surface area contributed by atoms with E-state index >= 15 is 0 Å². The van der Waals surface area contributed by atoms with E-state index in [1.807, 2.05) is 43.0 Å². The molecule has 0 amide bonds. The molecule has 1 spiro atoms. The first-order valence-electron chi connectivity index (χ1n) is 9.82. The summed E-state index contributed by atoms with van der Waals surface area (Å²) in [4.78, 5) is 19.6. The molecule has 2 heterocycles. The zero-order chi connectivity index (χ0) is 21.3. The molecule has 1 aromatic rings. The SMILES string of the molecule is CCOC(=O)OC1=C(c2c(C)ccc(Cl)c2C)C(O)N(C)C12CCN(OC)CC2. The number of benzene rings is 1. The third-order valence-electron chi connectivity index (χ3n) is 6.10. The normalized spacial score (nSPS) is 22.4. The summed E-state index contributed by atoms with van der Waals surface area (Å²) in [5.74, 6) is 0.440. The van der Waals surface area contributed by atoms with Crippen LogP contribution in [0.1, 0.15) is 36.5 Å². The van der Waals surface area contributed by atoms with E-state index in [-0.39, 0.29) is 6.61 Å². The lowest BCUT2D eigenvalue weighted by Gasteiger charge is -2.44. The van der Waals surface area contributed by atoms with Crippen LogP contribution in [-0.2, 0) is 14.3 Å². The monoisotopic (exact) mass is 424 g/mol. The molecule has 0 bridgehead atoms. The molecule has 1 fully saturated rings. The lowest BCUT2D eigenvalue weighted by Crippen LogP contribution is -2.54. The van der Waals surface area contributed by atoms with E-state index in [1.54, 1.807) is 14.0 Å². The largest absolute Gasteiger partial charge is 0.513 e. The van der Waals surface area contributed by atoms with Crippen LogP contribution < -0.4 is 0 Å². The summed E-state index contributed by atoms with van der Waals surface area (Å²) in [6, 6.07) is 3.74. The number of aliphatic hydroxyl groups excluding tert-OH is 1. The summed E-state index contributed by atoms with van der Waals surface area (Å²) in [5.41, 5.74) is 2.53. The standard InChI is InChI=1S/C21H29ClN2O5/c1-6-28-20(26)29-18-17(16-13(2)7-8-15(22)14(16)3)19(25)23(4)21(18)9-11-24(27-5)12-10-21/h7-8,19,25H,6,9-12H2,1-5H3. The molecule has 0 aromatic heterocycles. The minimum Gasteiger partial charge on any atom is -0.434 e. The topological polar surface area (TPSA) is 71.5 Å². The summed E-state index contributed by atoms with van der Waals surface area (Å²) in [7, 11) is 3.49. The number of nitrogens with zero attached hydrogens (tertiary/aromatic N) is 2. The van der Waals surface area contributed by atoms with Crippen LogP contribution in [0.5, 0.6) is 0 Å². The van der Waals surface area contributed by atoms with Crippen molar-refractivity contribution in [1.29, 1.82) is 0 Å². The Balaban J connectivity index is 2.18. The van der Waals surface area contributed by atoms with E-state index in [4.69, 9.17) is 25.9 Å². The van der Waals surface area contributed by atoms with Crippen molar-refractivity contribution < 1.29 is 24.2 Å². The summed E-state index contributed by atoms with van der Waals surface area (Å²) < 4.78 is 10.8. The number of carbonyl (C=O) groups is 1. The number of aliphatic hydroxyl groups is 1. The molecule has 1 unspecified atom stereocenters. The van der Waals surface area contributed by atoms with E-state index in [2.05, 4.69) is 0 Å². The number of likely N-dealkylation sites (N-methyl/N-ethyl adjacent to an activating group) is 1. The maximum absolute atomic E-state index is 12.3. The van der Waals surface area contributed by atoms with E-state index in [9.17, 15) is 9.90 Å². The van der Waals surface area contributed by atoms with E-state index in [1.165, 1.54) is 0 Å². The van der Waals surface area contributed by atoms with Gasteiger partial charge >= 0.3 is 6.16 Å². The molecule has 29 heavy (non-hydrogen) atoms. The molecule has 0 saturated carbocycles. The quantitative estimate of drug-likeness (QED) is 0.741. The minimum atomic E-state index is -0.940. The molecule has 1 atom stereocenters. The van der Waals surface area contributed by atoms with Gasteiger partial charge < -0.3 is 19.4 Å². The molecule has 2 aliphatic rings. The third-order valence-corrected chi connectivity index (χ3v) is 6.51. The zero-order valence-electron chi connectivity index (χ0n) is 17.6. The lowest BCUT2D eigenvalue weighted by atomic mass is 9.84. The number of aryl methyl sites for hydroxylation is 1. The molecule has 2 aliphatic heterocycles. The van der Waals surface area contributed by atoms with Crippen molar-refractivity contribution in [2.24, 2.45) is 0 Å². The Morgan fingerprint density at radius 1 is 1.31 bits per heavy atom. The minimum absolute atomic E-state index is 0.208. The first kappa shape index (κ1) is 22.1. The van der Waals surface area contributed by atoms with Crippen molar-refractivity contribution in [2.45, 2.75) is 45.4 Å². The van der Waals surface area contributed by atoms with E-state index in [0.29, 0.717) is 42.3 Å². The number of hydroxylamine groups is 2.